The SMILES string of the molecule is CCCC[C@H]1C(=O)N(C)[C@@H](CCCC)C(=O)N[C@@H](CC(C)C)C(=O)NCCC[C@@H](N)C(=O)N[C@@H](Cc2ccc(C)cc2)C(=O)N2CCCC[C@H]2C(=O)N[C@@H](CC(N)=O)C(=O)N2CCC[C@H]2C(=O)N[C@@H](CN)C(=O)N[C@@H](CCC(=O)O)C(=O)N2C[C@H](O)C[C@H]2C(=O)C[C@@H](Cc2c[nH]c3ccccc23)C(=O)N[C@@H](CCN)C(=O)N[C@@H](Cc2cn(CC(=O)O)c3ccccc23)C(=O)N1C. The standard InChI is InChI=1S/C92H131N19O20/c1-8-10-24-71-85(124)101-65(40-52(3)4)82(121)97-37-18-22-61(95)81(120)102-66(41-54-31-29-53(5)30-32-54)90(129)109-38-17-16-27-72(109)86(125)104-68(46-77(96)114)91(130)110-39-19-28-73(110)87(126)105-69(47-94)84(123)100-64(33-34-78(115)116)89(128)111-50-58(112)45-75(111)76(113)44-55(42-56-48-98-62-23-14-12-20-59(56)62)80(119)99-63(35-36-93)83(122)103-67(88(127)107(7)74(25-11-9-2)92(131)106(71)6)43-57-49-108(51-79(117)118)70-26-15-13-21-60(57)70/h12-15,20-21,23,26,29-32,48-49,52,55,58,61,63-69,71-75,98,112H,8-11,16-19,22,24-25,27-28,33-47,50-51,93-95H2,1-7H3,(H2,96,114)(H,97,121)(H,99,119)(H,100,123)(H,101,124)(H,102,120)(H,103,122)(H,104,125)(H,105,126)(H,115,116)(H,117,118)/t55-,58-,61-,63+,64+,65+,66+,67+,68+,69+,71+,72+,73+,74+,75+/m1/s1. The van der Waals surface area contributed by atoms with E-state index in [4.69, 9.17) is 22.9 Å². The van der Waals surface area contributed by atoms with Crippen molar-refractivity contribution in [3.8, 4) is 0 Å². The Kier molecular flexibility index (Phi) is 38.0. The number of aromatic nitrogens is 2. The van der Waals surface area contributed by atoms with Gasteiger partial charge in [0.2, 0.25) is 82.7 Å². The highest BCUT2D eigenvalue weighted by Gasteiger charge is 2.47. The number of amides is 14. The molecule has 9 rings (SSSR count). The normalized spacial score (nSPS) is 25.8. The van der Waals surface area contributed by atoms with Gasteiger partial charge in [0.1, 0.15) is 73.0 Å². The number of nitrogens with one attached hydrogen (secondary N) is 9. The summed E-state index contributed by atoms with van der Waals surface area (Å²) < 4.78 is 1.46. The van der Waals surface area contributed by atoms with Crippen LogP contribution in [0.15, 0.2) is 85.2 Å². The van der Waals surface area contributed by atoms with Crippen LogP contribution in [0.4, 0.5) is 0 Å². The van der Waals surface area contributed by atoms with E-state index in [-0.39, 0.29) is 109 Å². The number of aliphatic carboxylic acids is 2. The molecule has 0 saturated carbocycles. The lowest BCUT2D eigenvalue weighted by atomic mass is 9.90. The maximum atomic E-state index is 15.9. The zero-order valence-corrected chi connectivity index (χ0v) is 75.8. The number of H-pyrrole nitrogens is 1. The van der Waals surface area contributed by atoms with Crippen molar-refractivity contribution in [3.63, 3.8) is 0 Å². The molecule has 0 radical (unpaired) electrons. The van der Waals surface area contributed by atoms with Crippen molar-refractivity contribution in [1.82, 2.24) is 76.6 Å². The number of aryl methyl sites for hydroxylation is 1. The van der Waals surface area contributed by atoms with Gasteiger partial charge in [-0.1, -0.05) is 120 Å². The van der Waals surface area contributed by atoms with Crippen molar-refractivity contribution in [3.05, 3.63) is 107 Å². The molecule has 0 bridgehead atoms. The van der Waals surface area contributed by atoms with Gasteiger partial charge in [-0.3, -0.25) is 81.5 Å². The Morgan fingerprint density at radius 2 is 1.10 bits per heavy atom. The summed E-state index contributed by atoms with van der Waals surface area (Å²) >= 11 is 0. The Morgan fingerprint density at radius 1 is 0.527 bits per heavy atom. The quantitative estimate of drug-likeness (QED) is 0.0393. The third-order valence-corrected chi connectivity index (χ3v) is 25.0. The molecule has 0 unspecified atom stereocenters. The van der Waals surface area contributed by atoms with Crippen molar-refractivity contribution in [1.29, 1.82) is 0 Å². The average Bonchev–Trinajstić information content (AvgIpc) is 1.66. The summed E-state index contributed by atoms with van der Waals surface area (Å²) in [6, 6.07) is 2.04. The Labute approximate surface area is 761 Å². The average molecular weight is 1820 g/mol. The number of primary amides is 1. The van der Waals surface area contributed by atoms with Gasteiger partial charge in [-0.2, -0.15) is 0 Å². The van der Waals surface area contributed by atoms with E-state index in [1.165, 1.54) is 39.6 Å². The predicted octanol–water partition coefficient (Wildman–Crippen LogP) is 0.212. The molecular weight excluding hydrogens is 1690 g/mol. The molecule has 714 valence electrons. The van der Waals surface area contributed by atoms with Gasteiger partial charge < -0.3 is 115 Å². The van der Waals surface area contributed by atoms with Gasteiger partial charge in [0.05, 0.1) is 24.6 Å². The number of ketones is 1. The zero-order chi connectivity index (χ0) is 95.6. The number of carboxylic acids is 2. The number of piperidine rings is 1. The van der Waals surface area contributed by atoms with Crippen LogP contribution in [0.1, 0.15) is 178 Å². The predicted molar refractivity (Wildman–Crippen MR) is 482 cm³/mol. The number of nitrogens with two attached hydrogens (primary N) is 4. The minimum atomic E-state index is -1.79. The number of nitrogens with zero attached hydrogens (tertiary/aromatic N) is 6. The number of Topliss-reactive ketones (excluding diaryl/α,β-unsaturated/α-hetero) is 1. The third kappa shape index (κ3) is 27.7. The molecule has 20 N–H and O–H groups in total. The van der Waals surface area contributed by atoms with Crippen molar-refractivity contribution in [2.75, 3.05) is 53.4 Å². The molecule has 4 saturated heterocycles. The number of aliphatic hydroxyl groups is 1. The van der Waals surface area contributed by atoms with Gasteiger partial charge in [-0.05, 0) is 132 Å². The Morgan fingerprint density at radius 3 is 1.75 bits per heavy atom. The number of carbonyl (C=O) groups is 17. The summed E-state index contributed by atoms with van der Waals surface area (Å²) in [5.41, 5.74) is 28.3. The molecule has 4 aliphatic rings. The van der Waals surface area contributed by atoms with Gasteiger partial charge in [-0.15, -0.1) is 0 Å². The summed E-state index contributed by atoms with van der Waals surface area (Å²) in [6.07, 6.45) is 0.903. The largest absolute Gasteiger partial charge is 0.481 e. The topological polar surface area (TPSA) is 588 Å². The molecule has 2 aromatic heterocycles. The van der Waals surface area contributed by atoms with E-state index in [9.17, 15) is 58.5 Å². The number of likely N-dealkylation sites (N-methyl/N-ethyl adjacent to an activating group) is 2. The fourth-order valence-corrected chi connectivity index (χ4v) is 17.8. The van der Waals surface area contributed by atoms with E-state index in [1.807, 2.05) is 46.8 Å². The molecule has 4 fully saturated rings. The summed E-state index contributed by atoms with van der Waals surface area (Å²) in [4.78, 5) is 257. The summed E-state index contributed by atoms with van der Waals surface area (Å²) in [6.45, 7) is 7.22. The molecule has 0 aliphatic carbocycles. The van der Waals surface area contributed by atoms with Gasteiger partial charge in [0.25, 0.3) is 0 Å². The molecule has 6 heterocycles. The van der Waals surface area contributed by atoms with Crippen LogP contribution in [-0.2, 0) is 107 Å². The van der Waals surface area contributed by atoms with Crippen LogP contribution >= 0.6 is 0 Å². The maximum Gasteiger partial charge on any atom is 0.323 e. The number of unbranched alkanes of at least 4 members (excludes halogenated alkanes) is 2. The van der Waals surface area contributed by atoms with Crippen molar-refractivity contribution >= 4 is 122 Å². The van der Waals surface area contributed by atoms with Gasteiger partial charge in [-0.25, -0.2) is 0 Å². The molecule has 0 spiro atoms. The van der Waals surface area contributed by atoms with Crippen LogP contribution < -0.4 is 65.5 Å². The second-order valence-corrected chi connectivity index (χ2v) is 35.4. The van der Waals surface area contributed by atoms with Crippen LogP contribution in [0.2, 0.25) is 0 Å². The van der Waals surface area contributed by atoms with E-state index in [1.54, 1.807) is 66.9 Å². The van der Waals surface area contributed by atoms with E-state index < -0.39 is 243 Å². The summed E-state index contributed by atoms with van der Waals surface area (Å²) in [5.74, 6) is -17.1. The Balaban J connectivity index is 1.09. The number of carbonyl (C=O) groups excluding carboxylic acids is 15. The molecule has 14 amide bonds. The molecule has 39 heteroatoms. The molecule has 15 atom stereocenters. The molecule has 131 heavy (non-hydrogen) atoms. The van der Waals surface area contributed by atoms with Crippen molar-refractivity contribution in [2.24, 2.45) is 34.8 Å². The minimum Gasteiger partial charge on any atom is -0.481 e. The second-order valence-electron chi connectivity index (χ2n) is 35.4. The Bertz CT molecular complexity index is 4920. The van der Waals surface area contributed by atoms with Crippen molar-refractivity contribution in [2.45, 2.75) is 273 Å². The number of fused-ring (bicyclic) bond motifs is 5. The molecule has 39 nitrogen and oxygen atoms in total. The van der Waals surface area contributed by atoms with E-state index >= 15 is 38.4 Å². The second kappa shape index (κ2) is 48.6. The number of aromatic amines is 1. The number of aliphatic hydroxyl groups excluding tert-OH is 1. The fraction of sp³-hybridized carbons (Fsp3) is 0.576. The van der Waals surface area contributed by atoms with Crippen LogP contribution in [-0.4, -0.2) is 288 Å². The highest BCUT2D eigenvalue weighted by molar-refractivity contribution is 6.02. The van der Waals surface area contributed by atoms with Gasteiger partial charge in [0.15, 0.2) is 5.78 Å². The maximum absolute atomic E-state index is 15.9. The molecule has 3 aromatic carbocycles. The fourth-order valence-electron chi connectivity index (χ4n) is 17.8. The van der Waals surface area contributed by atoms with E-state index in [0.717, 1.165) is 15.4 Å². The van der Waals surface area contributed by atoms with Crippen LogP contribution in [0.5, 0.6) is 0 Å². The lowest BCUT2D eigenvalue weighted by molar-refractivity contribution is -0.149. The van der Waals surface area contributed by atoms with Crippen LogP contribution in [0.3, 0.4) is 0 Å². The monoisotopic (exact) mass is 1820 g/mol. The van der Waals surface area contributed by atoms with E-state index in [0.29, 0.717) is 77.0 Å². The van der Waals surface area contributed by atoms with E-state index in [2.05, 4.69) is 47.5 Å². The summed E-state index contributed by atoms with van der Waals surface area (Å²) in [5, 5.41) is 54.6. The highest BCUT2D eigenvalue weighted by atomic mass is 16.4. The first-order valence-corrected chi connectivity index (χ1v) is 45.6. The smallest absolute Gasteiger partial charge is 0.323 e. The molecule has 5 aromatic rings. The molecule has 4 aliphatic heterocycles. The number of para-hydroxylation sites is 2. The first-order valence-electron chi connectivity index (χ1n) is 45.6. The number of hydrogen-bond acceptors (Lipinski definition) is 21. The van der Waals surface area contributed by atoms with Crippen molar-refractivity contribution < 1.29 is 96.8 Å². The third-order valence-electron chi connectivity index (χ3n) is 25.0. The van der Waals surface area contributed by atoms with Gasteiger partial charge in [0, 0.05) is 119 Å². The number of benzene rings is 3. The highest BCUT2D eigenvalue weighted by Crippen LogP contribution is 2.31. The minimum absolute atomic E-state index is 0.00942. The number of rotatable bonds is 24. The first kappa shape index (κ1) is 103. The zero-order valence-electron chi connectivity index (χ0n) is 75.8. The first-order chi connectivity index (χ1) is 62.4. The Hall–Kier alpha value is -12.2. The molecular formula is C92H131N19O20. The summed E-state index contributed by atoms with van der Waals surface area (Å²) in [7, 11) is 2.80. The lowest BCUT2D eigenvalue weighted by Gasteiger charge is -2.38. The van der Waals surface area contributed by atoms with Gasteiger partial charge >= 0.3 is 11.9 Å². The van der Waals surface area contributed by atoms with Crippen LogP contribution in [0, 0.1) is 18.8 Å². The number of hydrogen-bond donors (Lipinski definition) is 16. The van der Waals surface area contributed by atoms with Crippen LogP contribution in [0.25, 0.3) is 21.8 Å². The number of carboxylic acid groups (broad SMARTS) is 2. The lowest BCUT2D eigenvalue weighted by Crippen LogP contribution is -2.62.